The fourth-order valence-corrected chi connectivity index (χ4v) is 4.15. The molecule has 0 radical (unpaired) electrons. The van der Waals surface area contributed by atoms with Crippen LogP contribution in [-0.4, -0.2) is 71.1 Å². The summed E-state index contributed by atoms with van der Waals surface area (Å²) in [5.74, 6) is 3.41. The molecule has 2 saturated heterocycles. The molecule has 0 aromatic carbocycles. The Kier molecular flexibility index (Phi) is 5.61. The van der Waals surface area contributed by atoms with Crippen molar-refractivity contribution in [2.24, 2.45) is 0 Å². The number of rotatable bonds is 4. The van der Waals surface area contributed by atoms with Crippen LogP contribution in [0.3, 0.4) is 0 Å². The van der Waals surface area contributed by atoms with Gasteiger partial charge in [0.1, 0.15) is 5.76 Å². The van der Waals surface area contributed by atoms with E-state index in [1.807, 2.05) is 30.5 Å². The maximum absolute atomic E-state index is 12.4. The molecule has 0 spiro atoms. The number of nitrogens with one attached hydrogen (secondary N) is 1. The lowest BCUT2D eigenvalue weighted by Crippen LogP contribution is -2.50. The van der Waals surface area contributed by atoms with E-state index in [1.54, 1.807) is 0 Å². The van der Waals surface area contributed by atoms with Gasteiger partial charge in [-0.05, 0) is 13.8 Å². The molecule has 1 aromatic heterocycles. The molecule has 0 bridgehead atoms. The second-order valence-corrected chi connectivity index (χ2v) is 7.54. The fourth-order valence-electron chi connectivity index (χ4n) is 3.20. The lowest BCUT2D eigenvalue weighted by Gasteiger charge is -2.35. The van der Waals surface area contributed by atoms with Crippen molar-refractivity contribution in [3.63, 3.8) is 0 Å². The maximum atomic E-state index is 12.4. The Morgan fingerprint density at radius 1 is 1.35 bits per heavy atom. The third-order valence-electron chi connectivity index (χ3n) is 4.71. The summed E-state index contributed by atoms with van der Waals surface area (Å²) in [6.45, 7) is 9.32. The summed E-state index contributed by atoms with van der Waals surface area (Å²) in [6, 6.07) is 0.349. The van der Waals surface area contributed by atoms with Gasteiger partial charge in [-0.15, -0.1) is 0 Å². The molecule has 1 aromatic rings. The zero-order chi connectivity index (χ0) is 16.2. The molecular weight excluding hydrogens is 312 g/mol. The number of amides is 1. The zero-order valence-electron chi connectivity index (χ0n) is 14.0. The second-order valence-electron chi connectivity index (χ2n) is 6.39. The standard InChI is InChI=1S/C16H26N4O2S/c1-12-15(13(2)22-18-12)10-19-4-6-20(7-5-19)16(21)9-14-11-23-8-3-17-14/h14,17H,3-11H2,1-2H3. The highest BCUT2D eigenvalue weighted by Gasteiger charge is 2.25. The first-order chi connectivity index (χ1) is 11.1. The van der Waals surface area contributed by atoms with E-state index in [-0.39, 0.29) is 0 Å². The number of thioether (sulfide) groups is 1. The average molecular weight is 338 g/mol. The molecule has 7 heteroatoms. The molecule has 0 aliphatic carbocycles. The summed E-state index contributed by atoms with van der Waals surface area (Å²) in [4.78, 5) is 16.8. The van der Waals surface area contributed by atoms with E-state index in [4.69, 9.17) is 4.52 Å². The molecular formula is C16H26N4O2S. The highest BCUT2D eigenvalue weighted by Crippen LogP contribution is 2.17. The molecule has 3 heterocycles. The van der Waals surface area contributed by atoms with E-state index in [9.17, 15) is 4.79 Å². The molecule has 2 aliphatic rings. The minimum Gasteiger partial charge on any atom is -0.361 e. The number of carbonyl (C=O) groups is 1. The number of carbonyl (C=O) groups excluding carboxylic acids is 1. The van der Waals surface area contributed by atoms with Crippen molar-refractivity contribution in [2.75, 3.05) is 44.2 Å². The van der Waals surface area contributed by atoms with Gasteiger partial charge in [0.25, 0.3) is 0 Å². The Hall–Kier alpha value is -1.05. The van der Waals surface area contributed by atoms with Crippen molar-refractivity contribution in [2.45, 2.75) is 32.9 Å². The number of aromatic nitrogens is 1. The van der Waals surface area contributed by atoms with Crippen LogP contribution < -0.4 is 5.32 Å². The zero-order valence-corrected chi connectivity index (χ0v) is 14.8. The van der Waals surface area contributed by atoms with Crippen LogP contribution in [0.15, 0.2) is 4.52 Å². The monoisotopic (exact) mass is 338 g/mol. The smallest absolute Gasteiger partial charge is 0.224 e. The minimum atomic E-state index is 0.294. The lowest BCUT2D eigenvalue weighted by atomic mass is 10.1. The Bertz CT molecular complexity index is 515. The summed E-state index contributed by atoms with van der Waals surface area (Å²) in [5.41, 5.74) is 2.16. The summed E-state index contributed by atoms with van der Waals surface area (Å²) in [6.07, 6.45) is 0.636. The van der Waals surface area contributed by atoms with Gasteiger partial charge >= 0.3 is 0 Å². The van der Waals surface area contributed by atoms with E-state index < -0.39 is 0 Å². The van der Waals surface area contributed by atoms with E-state index in [1.165, 1.54) is 5.56 Å². The van der Waals surface area contributed by atoms with Gasteiger partial charge in [0.05, 0.1) is 5.69 Å². The van der Waals surface area contributed by atoms with Crippen molar-refractivity contribution in [1.29, 1.82) is 0 Å². The van der Waals surface area contributed by atoms with Crippen LogP contribution in [-0.2, 0) is 11.3 Å². The Morgan fingerprint density at radius 3 is 2.74 bits per heavy atom. The van der Waals surface area contributed by atoms with Crippen LogP contribution in [0.4, 0.5) is 0 Å². The molecule has 128 valence electrons. The topological polar surface area (TPSA) is 61.6 Å². The molecule has 6 nitrogen and oxygen atoms in total. The number of hydrogen-bond acceptors (Lipinski definition) is 6. The van der Waals surface area contributed by atoms with Gasteiger partial charge in [-0.3, -0.25) is 9.69 Å². The summed E-state index contributed by atoms with van der Waals surface area (Å²) in [5, 5.41) is 7.46. The van der Waals surface area contributed by atoms with Gasteiger partial charge in [0, 0.05) is 68.8 Å². The molecule has 2 aliphatic heterocycles. The van der Waals surface area contributed by atoms with Gasteiger partial charge < -0.3 is 14.7 Å². The summed E-state index contributed by atoms with van der Waals surface area (Å²) in [7, 11) is 0. The van der Waals surface area contributed by atoms with Crippen LogP contribution >= 0.6 is 11.8 Å². The van der Waals surface area contributed by atoms with Crippen LogP contribution in [0.2, 0.25) is 0 Å². The van der Waals surface area contributed by atoms with Gasteiger partial charge in [0.2, 0.25) is 5.91 Å². The predicted molar refractivity (Wildman–Crippen MR) is 91.6 cm³/mol. The van der Waals surface area contributed by atoms with Crippen molar-refractivity contribution >= 4 is 17.7 Å². The fraction of sp³-hybridized carbons (Fsp3) is 0.750. The van der Waals surface area contributed by atoms with Crippen molar-refractivity contribution in [1.82, 2.24) is 20.3 Å². The highest BCUT2D eigenvalue weighted by molar-refractivity contribution is 7.99. The normalized spacial score (nSPS) is 23.2. The Morgan fingerprint density at radius 2 is 2.13 bits per heavy atom. The SMILES string of the molecule is Cc1noc(C)c1CN1CCN(C(=O)CC2CSCCN2)CC1. The highest BCUT2D eigenvalue weighted by atomic mass is 32.2. The van der Waals surface area contributed by atoms with Crippen LogP contribution in [0.25, 0.3) is 0 Å². The number of nitrogens with zero attached hydrogens (tertiary/aromatic N) is 3. The molecule has 2 fully saturated rings. The van der Waals surface area contributed by atoms with Crippen LogP contribution in [0, 0.1) is 13.8 Å². The third kappa shape index (κ3) is 4.28. The maximum Gasteiger partial charge on any atom is 0.224 e. The van der Waals surface area contributed by atoms with Gasteiger partial charge in [-0.1, -0.05) is 5.16 Å². The van der Waals surface area contributed by atoms with E-state index in [0.29, 0.717) is 18.4 Å². The van der Waals surface area contributed by atoms with Crippen molar-refractivity contribution < 1.29 is 9.32 Å². The molecule has 0 saturated carbocycles. The number of hydrogen-bond donors (Lipinski definition) is 1. The Balaban J connectivity index is 1.45. The quantitative estimate of drug-likeness (QED) is 0.885. The number of aryl methyl sites for hydroxylation is 2. The first-order valence-electron chi connectivity index (χ1n) is 8.36. The van der Waals surface area contributed by atoms with Gasteiger partial charge in [-0.25, -0.2) is 0 Å². The predicted octanol–water partition coefficient (Wildman–Crippen LogP) is 1.03. The summed E-state index contributed by atoms with van der Waals surface area (Å²) < 4.78 is 5.23. The molecule has 23 heavy (non-hydrogen) atoms. The Labute approximate surface area is 141 Å². The second kappa shape index (κ2) is 7.68. The minimum absolute atomic E-state index is 0.294. The van der Waals surface area contributed by atoms with E-state index in [0.717, 1.165) is 62.2 Å². The van der Waals surface area contributed by atoms with Crippen LogP contribution in [0.1, 0.15) is 23.4 Å². The van der Waals surface area contributed by atoms with Gasteiger partial charge in [-0.2, -0.15) is 11.8 Å². The number of piperazine rings is 1. The molecule has 3 rings (SSSR count). The van der Waals surface area contributed by atoms with Gasteiger partial charge in [0.15, 0.2) is 0 Å². The third-order valence-corrected chi connectivity index (χ3v) is 5.84. The largest absolute Gasteiger partial charge is 0.361 e. The first-order valence-corrected chi connectivity index (χ1v) is 9.52. The molecule has 1 unspecified atom stereocenters. The average Bonchev–Trinajstić information content (AvgIpc) is 2.88. The van der Waals surface area contributed by atoms with E-state index in [2.05, 4.69) is 15.4 Å². The van der Waals surface area contributed by atoms with Crippen molar-refractivity contribution in [3.8, 4) is 0 Å². The molecule has 1 N–H and O–H groups in total. The molecule has 1 atom stereocenters. The summed E-state index contributed by atoms with van der Waals surface area (Å²) >= 11 is 1.94. The first kappa shape index (κ1) is 16.8. The van der Waals surface area contributed by atoms with Crippen molar-refractivity contribution in [3.05, 3.63) is 17.0 Å². The molecule has 1 amide bonds. The van der Waals surface area contributed by atoms with E-state index >= 15 is 0 Å². The van der Waals surface area contributed by atoms with Crippen LogP contribution in [0.5, 0.6) is 0 Å². The lowest BCUT2D eigenvalue weighted by molar-refractivity contribution is -0.133.